The number of rotatable bonds is 2. The van der Waals surface area contributed by atoms with E-state index < -0.39 is 0 Å². The van der Waals surface area contributed by atoms with Crippen molar-refractivity contribution in [2.45, 2.75) is 19.9 Å². The Morgan fingerprint density at radius 2 is 2.22 bits per heavy atom. The number of urea groups is 1. The minimum atomic E-state index is -0.275. The highest BCUT2D eigenvalue weighted by molar-refractivity contribution is 6.30. The number of anilines is 1. The van der Waals surface area contributed by atoms with Crippen molar-refractivity contribution in [2.75, 3.05) is 11.9 Å². The van der Waals surface area contributed by atoms with Gasteiger partial charge in [0, 0.05) is 16.6 Å². The summed E-state index contributed by atoms with van der Waals surface area (Å²) in [6.07, 6.45) is 0. The Balaban J connectivity index is 2.90. The molecule has 0 saturated heterocycles. The lowest BCUT2D eigenvalue weighted by atomic mass is 10.2. The van der Waals surface area contributed by atoms with Gasteiger partial charge in [-0.25, -0.2) is 4.79 Å². The van der Waals surface area contributed by atoms with Crippen molar-refractivity contribution in [3.05, 3.63) is 28.8 Å². The van der Waals surface area contributed by atoms with Gasteiger partial charge in [0.1, 0.15) is 0 Å². The van der Waals surface area contributed by atoms with E-state index in [1.54, 1.807) is 18.2 Å². The Hall–Kier alpha value is -1.70. The van der Waals surface area contributed by atoms with Crippen LogP contribution in [-0.2, 0) is 0 Å². The van der Waals surface area contributed by atoms with Crippen LogP contribution in [0, 0.1) is 11.8 Å². The summed E-state index contributed by atoms with van der Waals surface area (Å²) < 4.78 is 0. The molecule has 1 aromatic carbocycles. The molecular weight excluding hydrogens is 250 g/mol. The SMILES string of the molecule is CC(C)NC(=O)Nc1ccc(Cl)cc1C#CCN. The lowest BCUT2D eigenvalue weighted by molar-refractivity contribution is 0.250. The maximum absolute atomic E-state index is 11.6. The molecule has 0 atom stereocenters. The van der Waals surface area contributed by atoms with E-state index in [4.69, 9.17) is 17.3 Å². The largest absolute Gasteiger partial charge is 0.336 e. The van der Waals surface area contributed by atoms with Crippen LogP contribution in [0.5, 0.6) is 0 Å². The van der Waals surface area contributed by atoms with Gasteiger partial charge in [-0.05, 0) is 32.0 Å². The molecule has 0 aliphatic heterocycles. The summed E-state index contributed by atoms with van der Waals surface area (Å²) in [7, 11) is 0. The van der Waals surface area contributed by atoms with E-state index in [2.05, 4.69) is 22.5 Å². The molecule has 0 unspecified atom stereocenters. The smallest absolute Gasteiger partial charge is 0.319 e. The van der Waals surface area contributed by atoms with E-state index in [0.717, 1.165) is 0 Å². The first-order chi connectivity index (χ1) is 8.52. The summed E-state index contributed by atoms with van der Waals surface area (Å²) in [6, 6.07) is 4.89. The van der Waals surface area contributed by atoms with Gasteiger partial charge >= 0.3 is 6.03 Å². The number of benzene rings is 1. The third-order valence-electron chi connectivity index (χ3n) is 1.97. The maximum Gasteiger partial charge on any atom is 0.319 e. The lowest BCUT2D eigenvalue weighted by Gasteiger charge is -2.11. The van der Waals surface area contributed by atoms with Crippen molar-refractivity contribution < 1.29 is 4.79 Å². The predicted octanol–water partition coefficient (Wildman–Crippen LogP) is 2.18. The zero-order valence-electron chi connectivity index (χ0n) is 10.4. The van der Waals surface area contributed by atoms with Gasteiger partial charge in [0.15, 0.2) is 0 Å². The molecule has 1 aromatic rings. The number of nitrogens with one attached hydrogen (secondary N) is 2. The van der Waals surface area contributed by atoms with Gasteiger partial charge in [-0.15, -0.1) is 0 Å². The first kappa shape index (κ1) is 14.4. The highest BCUT2D eigenvalue weighted by Gasteiger charge is 2.06. The molecule has 1 rings (SSSR count). The molecule has 0 saturated carbocycles. The zero-order chi connectivity index (χ0) is 13.5. The molecule has 0 bridgehead atoms. The predicted molar refractivity (Wildman–Crippen MR) is 74.7 cm³/mol. The lowest BCUT2D eigenvalue weighted by Crippen LogP contribution is -2.34. The molecule has 96 valence electrons. The molecule has 18 heavy (non-hydrogen) atoms. The normalized spacial score (nSPS) is 9.61. The molecule has 0 aromatic heterocycles. The van der Waals surface area contributed by atoms with Gasteiger partial charge < -0.3 is 16.4 Å². The quantitative estimate of drug-likeness (QED) is 0.718. The average Bonchev–Trinajstić information content (AvgIpc) is 2.28. The second kappa shape index (κ2) is 6.90. The van der Waals surface area contributed by atoms with Gasteiger partial charge in [-0.1, -0.05) is 23.4 Å². The summed E-state index contributed by atoms with van der Waals surface area (Å²) >= 11 is 5.89. The van der Waals surface area contributed by atoms with E-state index in [1.807, 2.05) is 13.8 Å². The summed E-state index contributed by atoms with van der Waals surface area (Å²) in [5, 5.41) is 6.02. The Kier molecular flexibility index (Phi) is 5.50. The van der Waals surface area contributed by atoms with Crippen molar-refractivity contribution in [3.8, 4) is 11.8 Å². The topological polar surface area (TPSA) is 67.2 Å². The van der Waals surface area contributed by atoms with Gasteiger partial charge in [-0.3, -0.25) is 0 Å². The number of hydrogen-bond donors (Lipinski definition) is 3. The van der Waals surface area contributed by atoms with Crippen LogP contribution in [0.1, 0.15) is 19.4 Å². The number of amides is 2. The first-order valence-corrected chi connectivity index (χ1v) is 5.96. The fourth-order valence-electron chi connectivity index (χ4n) is 1.30. The minimum Gasteiger partial charge on any atom is -0.336 e. The van der Waals surface area contributed by atoms with Gasteiger partial charge in [0.25, 0.3) is 0 Å². The molecule has 2 amide bonds. The van der Waals surface area contributed by atoms with Crippen molar-refractivity contribution >= 4 is 23.3 Å². The van der Waals surface area contributed by atoms with Gasteiger partial charge in [0.2, 0.25) is 0 Å². The molecule has 0 aliphatic carbocycles. The van der Waals surface area contributed by atoms with Crippen molar-refractivity contribution in [2.24, 2.45) is 5.73 Å². The Bertz CT molecular complexity index is 489. The molecule has 4 N–H and O–H groups in total. The number of carbonyl (C=O) groups excluding carboxylic acids is 1. The van der Waals surface area contributed by atoms with E-state index >= 15 is 0 Å². The Morgan fingerprint density at radius 3 is 2.83 bits per heavy atom. The van der Waals surface area contributed by atoms with Crippen LogP contribution in [0.15, 0.2) is 18.2 Å². The summed E-state index contributed by atoms with van der Waals surface area (Å²) in [4.78, 5) is 11.6. The van der Waals surface area contributed by atoms with Crippen molar-refractivity contribution in [1.29, 1.82) is 0 Å². The van der Waals surface area contributed by atoms with Crippen molar-refractivity contribution in [1.82, 2.24) is 5.32 Å². The second-order valence-electron chi connectivity index (χ2n) is 3.95. The fraction of sp³-hybridized carbons (Fsp3) is 0.308. The average molecular weight is 266 g/mol. The number of halogens is 1. The summed E-state index contributed by atoms with van der Waals surface area (Å²) in [5.74, 6) is 5.60. The highest BCUT2D eigenvalue weighted by Crippen LogP contribution is 2.19. The first-order valence-electron chi connectivity index (χ1n) is 5.59. The standard InChI is InChI=1S/C13H16ClN3O/c1-9(2)16-13(18)17-12-6-5-11(14)8-10(12)4-3-7-15/h5-6,8-9H,7,15H2,1-2H3,(H2,16,17,18). The number of nitrogens with two attached hydrogens (primary N) is 1. The van der Waals surface area contributed by atoms with Crippen LogP contribution < -0.4 is 16.4 Å². The van der Waals surface area contributed by atoms with Gasteiger partial charge in [0.05, 0.1) is 12.2 Å². The Morgan fingerprint density at radius 1 is 1.50 bits per heavy atom. The molecule has 0 heterocycles. The van der Waals surface area contributed by atoms with E-state index in [9.17, 15) is 4.79 Å². The van der Waals surface area contributed by atoms with E-state index in [-0.39, 0.29) is 18.6 Å². The van der Waals surface area contributed by atoms with E-state index in [0.29, 0.717) is 16.3 Å². The van der Waals surface area contributed by atoms with Crippen molar-refractivity contribution in [3.63, 3.8) is 0 Å². The number of carbonyl (C=O) groups is 1. The van der Waals surface area contributed by atoms with Crippen LogP contribution in [0.4, 0.5) is 10.5 Å². The van der Waals surface area contributed by atoms with Gasteiger partial charge in [-0.2, -0.15) is 0 Å². The zero-order valence-corrected chi connectivity index (χ0v) is 11.1. The monoisotopic (exact) mass is 265 g/mol. The third-order valence-corrected chi connectivity index (χ3v) is 2.21. The highest BCUT2D eigenvalue weighted by atomic mass is 35.5. The fourth-order valence-corrected chi connectivity index (χ4v) is 1.47. The summed E-state index contributed by atoms with van der Waals surface area (Å²) in [6.45, 7) is 4.03. The van der Waals surface area contributed by atoms with Crippen LogP contribution in [0.3, 0.4) is 0 Å². The summed E-state index contributed by atoms with van der Waals surface area (Å²) in [5.41, 5.74) is 6.58. The van der Waals surface area contributed by atoms with Crippen LogP contribution in [-0.4, -0.2) is 18.6 Å². The molecule has 0 fully saturated rings. The van der Waals surface area contributed by atoms with Crippen LogP contribution in [0.25, 0.3) is 0 Å². The molecule has 0 aliphatic rings. The van der Waals surface area contributed by atoms with E-state index in [1.165, 1.54) is 0 Å². The molecule has 0 spiro atoms. The molecule has 5 heteroatoms. The third kappa shape index (κ3) is 4.66. The Labute approximate surface area is 112 Å². The second-order valence-corrected chi connectivity index (χ2v) is 4.39. The molecule has 4 nitrogen and oxygen atoms in total. The van der Waals surface area contributed by atoms with Crippen LogP contribution in [0.2, 0.25) is 5.02 Å². The maximum atomic E-state index is 11.6. The number of hydrogen-bond acceptors (Lipinski definition) is 2. The van der Waals surface area contributed by atoms with Crippen LogP contribution >= 0.6 is 11.6 Å². The molecular formula is C13H16ClN3O. The molecule has 0 radical (unpaired) electrons. The minimum absolute atomic E-state index is 0.0656.